The number of ether oxygens (including phenoxy) is 1. The number of halogens is 1. The standard InChI is InChI=1S/C37H49FN6O/c1-3-25-9-12-35(32-27(25)5-6-30(40)29(32)21-39)13-10-28-31(20-35)41-34(45-23-37-11-4-17-43(37)22-26(38)19-37)42-33(28)44-18-16-36(44)14-7-24(2)8-15-36/h5-6,24-26H,3-4,7-20,22-23,40H2,1-2H3. The Morgan fingerprint density at radius 3 is 2.69 bits per heavy atom. The lowest BCUT2D eigenvalue weighted by atomic mass is 9.58. The summed E-state index contributed by atoms with van der Waals surface area (Å²) in [6.07, 6.45) is 13.9. The summed E-state index contributed by atoms with van der Waals surface area (Å²) in [6, 6.07) is 7.09. The van der Waals surface area contributed by atoms with Crippen LogP contribution in [-0.4, -0.2) is 58.4 Å². The summed E-state index contributed by atoms with van der Waals surface area (Å²) in [4.78, 5) is 15.3. The van der Waals surface area contributed by atoms with Gasteiger partial charge in [-0.15, -0.1) is 0 Å². The number of aromatic nitrogens is 2. The zero-order valence-corrected chi connectivity index (χ0v) is 27.2. The summed E-state index contributed by atoms with van der Waals surface area (Å²) in [5, 5.41) is 10.4. The number of hydrogen-bond donors (Lipinski definition) is 1. The average Bonchev–Trinajstić information content (AvgIpc) is 3.56. The Morgan fingerprint density at radius 2 is 1.93 bits per heavy atom. The van der Waals surface area contributed by atoms with Crippen LogP contribution < -0.4 is 15.4 Å². The van der Waals surface area contributed by atoms with E-state index in [-0.39, 0.29) is 16.5 Å². The highest BCUT2D eigenvalue weighted by Crippen LogP contribution is 2.55. The number of benzene rings is 1. The van der Waals surface area contributed by atoms with Gasteiger partial charge in [0.1, 0.15) is 24.7 Å². The molecular weight excluding hydrogens is 563 g/mol. The molecule has 0 bridgehead atoms. The minimum atomic E-state index is -0.788. The molecule has 8 rings (SSSR count). The molecule has 4 atom stereocenters. The lowest BCUT2D eigenvalue weighted by molar-refractivity contribution is 0.106. The Bertz CT molecular complexity index is 1530. The van der Waals surface area contributed by atoms with Gasteiger partial charge in [0.25, 0.3) is 0 Å². The molecule has 2 N–H and O–H groups in total. The second kappa shape index (κ2) is 10.8. The molecule has 4 heterocycles. The fourth-order valence-electron chi connectivity index (χ4n) is 10.5. The van der Waals surface area contributed by atoms with Crippen molar-refractivity contribution >= 4 is 11.5 Å². The van der Waals surface area contributed by atoms with E-state index in [1.54, 1.807) is 0 Å². The van der Waals surface area contributed by atoms with E-state index in [2.05, 4.69) is 35.8 Å². The predicted molar refractivity (Wildman–Crippen MR) is 174 cm³/mol. The van der Waals surface area contributed by atoms with E-state index in [0.717, 1.165) is 81.9 Å². The van der Waals surface area contributed by atoms with Gasteiger partial charge in [-0.2, -0.15) is 15.2 Å². The van der Waals surface area contributed by atoms with Crippen molar-refractivity contribution < 1.29 is 9.13 Å². The zero-order chi connectivity index (χ0) is 31.0. The van der Waals surface area contributed by atoms with Gasteiger partial charge in [0.15, 0.2) is 0 Å². The van der Waals surface area contributed by atoms with Gasteiger partial charge in [-0.1, -0.05) is 19.9 Å². The minimum absolute atomic E-state index is 0.169. The van der Waals surface area contributed by atoms with Gasteiger partial charge in [-0.3, -0.25) is 4.90 Å². The maximum atomic E-state index is 14.6. The molecule has 0 amide bonds. The number of nitriles is 1. The van der Waals surface area contributed by atoms with E-state index >= 15 is 0 Å². The lowest BCUT2D eigenvalue weighted by Gasteiger charge is -2.57. The van der Waals surface area contributed by atoms with Crippen LogP contribution in [0.3, 0.4) is 0 Å². The number of nitrogens with two attached hydrogens (primary N) is 1. The molecule has 3 saturated heterocycles. The number of rotatable bonds is 5. The average molecular weight is 613 g/mol. The summed E-state index contributed by atoms with van der Waals surface area (Å²) in [5.41, 5.74) is 12.4. The van der Waals surface area contributed by atoms with Crippen LogP contribution in [0.4, 0.5) is 15.9 Å². The molecule has 2 spiro atoms. The third-order valence-electron chi connectivity index (χ3n) is 13.3. The summed E-state index contributed by atoms with van der Waals surface area (Å²) in [7, 11) is 0. The van der Waals surface area contributed by atoms with E-state index in [1.165, 1.54) is 48.8 Å². The molecule has 6 aliphatic rings. The van der Waals surface area contributed by atoms with E-state index in [0.29, 0.717) is 42.8 Å². The first-order valence-corrected chi connectivity index (χ1v) is 17.8. The first-order valence-electron chi connectivity index (χ1n) is 17.8. The third kappa shape index (κ3) is 4.58. The normalized spacial score (nSPS) is 35.5. The van der Waals surface area contributed by atoms with Crippen molar-refractivity contribution in [2.75, 3.05) is 36.9 Å². The maximum Gasteiger partial charge on any atom is 0.318 e. The molecule has 45 heavy (non-hydrogen) atoms. The first-order chi connectivity index (χ1) is 21.8. The number of nitrogen functional groups attached to an aromatic ring is 1. The van der Waals surface area contributed by atoms with Gasteiger partial charge in [-0.25, -0.2) is 4.39 Å². The van der Waals surface area contributed by atoms with E-state index < -0.39 is 6.17 Å². The smallest absolute Gasteiger partial charge is 0.318 e. The largest absolute Gasteiger partial charge is 0.461 e. The van der Waals surface area contributed by atoms with E-state index in [1.807, 2.05) is 6.07 Å². The van der Waals surface area contributed by atoms with Gasteiger partial charge in [0.05, 0.1) is 16.8 Å². The van der Waals surface area contributed by atoms with Crippen LogP contribution in [0.1, 0.15) is 125 Å². The van der Waals surface area contributed by atoms with Crippen LogP contribution in [0, 0.1) is 17.2 Å². The van der Waals surface area contributed by atoms with Crippen LogP contribution in [0.2, 0.25) is 0 Å². The SMILES string of the molecule is CCC1CCC2(CCc3c(nc(OCC45CCCN4CC(F)C5)nc3N3CCC34CCC(C)CC4)C2)c2c1ccc(N)c2C#N. The molecule has 7 nitrogen and oxygen atoms in total. The summed E-state index contributed by atoms with van der Waals surface area (Å²) in [5.74, 6) is 2.32. The maximum absolute atomic E-state index is 14.6. The molecule has 4 fully saturated rings. The van der Waals surface area contributed by atoms with Crippen molar-refractivity contribution in [3.8, 4) is 12.1 Å². The van der Waals surface area contributed by atoms with Crippen molar-refractivity contribution in [2.24, 2.45) is 5.92 Å². The number of anilines is 2. The van der Waals surface area contributed by atoms with Gasteiger partial charge in [0, 0.05) is 48.1 Å². The Kier molecular flexibility index (Phi) is 7.09. The van der Waals surface area contributed by atoms with Gasteiger partial charge in [0.2, 0.25) is 0 Å². The van der Waals surface area contributed by atoms with Gasteiger partial charge >= 0.3 is 6.01 Å². The first kappa shape index (κ1) is 29.5. The molecule has 2 aromatic rings. The topological polar surface area (TPSA) is 91.3 Å². The summed E-state index contributed by atoms with van der Waals surface area (Å²) >= 11 is 0. The molecule has 1 aromatic carbocycles. The Balaban J connectivity index is 1.19. The van der Waals surface area contributed by atoms with Crippen LogP contribution in [0.5, 0.6) is 6.01 Å². The molecule has 240 valence electrons. The number of alkyl halides is 1. The molecular formula is C37H49FN6O. The third-order valence-corrected chi connectivity index (χ3v) is 13.3. The van der Waals surface area contributed by atoms with Crippen LogP contribution in [0.15, 0.2) is 12.1 Å². The minimum Gasteiger partial charge on any atom is -0.461 e. The quantitative estimate of drug-likeness (QED) is 0.373. The monoisotopic (exact) mass is 612 g/mol. The van der Waals surface area contributed by atoms with Crippen molar-refractivity contribution in [3.63, 3.8) is 0 Å². The predicted octanol–water partition coefficient (Wildman–Crippen LogP) is 6.76. The number of fused-ring (bicyclic) bond motifs is 4. The Hall–Kier alpha value is -2.92. The number of nitrogens with zero attached hydrogens (tertiary/aromatic N) is 5. The number of hydrogen-bond acceptors (Lipinski definition) is 7. The highest BCUT2D eigenvalue weighted by Gasteiger charge is 2.52. The Morgan fingerprint density at radius 1 is 1.09 bits per heavy atom. The van der Waals surface area contributed by atoms with E-state index in [9.17, 15) is 9.65 Å². The molecule has 3 aliphatic carbocycles. The summed E-state index contributed by atoms with van der Waals surface area (Å²) in [6.45, 7) is 7.57. The fourth-order valence-corrected chi connectivity index (χ4v) is 10.5. The highest BCUT2D eigenvalue weighted by molar-refractivity contribution is 5.65. The van der Waals surface area contributed by atoms with Crippen LogP contribution >= 0.6 is 0 Å². The Labute approximate surface area is 267 Å². The molecule has 8 heteroatoms. The van der Waals surface area contributed by atoms with Crippen molar-refractivity contribution in [3.05, 3.63) is 40.1 Å². The molecule has 1 saturated carbocycles. The molecule has 1 aromatic heterocycles. The van der Waals surface area contributed by atoms with Crippen LogP contribution in [0.25, 0.3) is 0 Å². The lowest BCUT2D eigenvalue weighted by Crippen LogP contribution is -2.62. The zero-order valence-electron chi connectivity index (χ0n) is 27.2. The van der Waals surface area contributed by atoms with Crippen molar-refractivity contribution in [1.82, 2.24) is 14.9 Å². The van der Waals surface area contributed by atoms with Crippen molar-refractivity contribution in [2.45, 2.75) is 132 Å². The molecule has 4 unspecified atom stereocenters. The second-order valence-electron chi connectivity index (χ2n) is 15.6. The fraction of sp³-hybridized carbons (Fsp3) is 0.703. The van der Waals surface area contributed by atoms with E-state index in [4.69, 9.17) is 20.4 Å². The van der Waals surface area contributed by atoms with Gasteiger partial charge < -0.3 is 15.4 Å². The highest BCUT2D eigenvalue weighted by atomic mass is 19.1. The summed E-state index contributed by atoms with van der Waals surface area (Å²) < 4.78 is 21.2. The van der Waals surface area contributed by atoms with Gasteiger partial charge in [-0.05, 0) is 113 Å². The van der Waals surface area contributed by atoms with Crippen molar-refractivity contribution in [1.29, 1.82) is 5.26 Å². The molecule has 3 aliphatic heterocycles. The molecule has 0 radical (unpaired) electrons. The van der Waals surface area contributed by atoms with Crippen LogP contribution in [-0.2, 0) is 18.3 Å². The second-order valence-corrected chi connectivity index (χ2v) is 15.6.